The van der Waals surface area contributed by atoms with Crippen LogP contribution in [0, 0.1) is 5.92 Å². The van der Waals surface area contributed by atoms with Crippen LogP contribution in [0.1, 0.15) is 61.7 Å². The summed E-state index contributed by atoms with van der Waals surface area (Å²) in [7, 11) is 0. The van der Waals surface area contributed by atoms with Crippen LogP contribution in [-0.2, 0) is 30.4 Å². The van der Waals surface area contributed by atoms with Gasteiger partial charge in [0.05, 0.1) is 6.10 Å². The fraction of sp³-hybridized carbons (Fsp3) is 0.543. The zero-order chi connectivity index (χ0) is 36.7. The fourth-order valence-electron chi connectivity index (χ4n) is 6.38. The Morgan fingerprint density at radius 1 is 0.980 bits per heavy atom. The normalized spacial score (nSPS) is 26.6. The van der Waals surface area contributed by atoms with Crippen molar-refractivity contribution in [2.45, 2.75) is 89.2 Å². The molecule has 3 aliphatic rings. The van der Waals surface area contributed by atoms with Crippen molar-refractivity contribution in [3.05, 3.63) is 46.2 Å². The van der Waals surface area contributed by atoms with E-state index in [1.165, 1.54) is 11.8 Å². The van der Waals surface area contributed by atoms with Gasteiger partial charge in [-0.3, -0.25) is 28.8 Å². The molecule has 0 spiro atoms. The summed E-state index contributed by atoms with van der Waals surface area (Å²) in [5, 5.41) is 25.9. The van der Waals surface area contributed by atoms with Crippen LogP contribution in [0.25, 0.3) is 0 Å². The minimum Gasteiger partial charge on any atom is -0.485 e. The first-order chi connectivity index (χ1) is 24.4. The summed E-state index contributed by atoms with van der Waals surface area (Å²) in [5.41, 5.74) is 0.747. The lowest BCUT2D eigenvalue weighted by Gasteiger charge is -2.29. The summed E-state index contributed by atoms with van der Waals surface area (Å²) in [6, 6.07) is 3.68. The molecule has 1 aromatic heterocycles. The van der Waals surface area contributed by atoms with Crippen LogP contribution < -0.4 is 36.1 Å². The topological polar surface area (TPSA) is 204 Å². The zero-order valence-electron chi connectivity index (χ0n) is 28.9. The van der Waals surface area contributed by atoms with Gasteiger partial charge in [0.15, 0.2) is 11.5 Å². The smallest absolute Gasteiger partial charge is 0.265 e. The van der Waals surface area contributed by atoms with E-state index >= 15 is 0 Å². The first-order valence-corrected chi connectivity index (χ1v) is 18.2. The molecule has 15 nitrogen and oxygen atoms in total. The maximum Gasteiger partial charge on any atom is 0.265 e. The number of hydrogen-bond acceptors (Lipinski definition) is 10. The van der Waals surface area contributed by atoms with Gasteiger partial charge in [-0.15, -0.1) is 11.3 Å². The zero-order valence-corrected chi connectivity index (χ0v) is 29.8. The largest absolute Gasteiger partial charge is 0.485 e. The third-order valence-electron chi connectivity index (χ3n) is 8.95. The number of aliphatic hydroxyl groups is 1. The average Bonchev–Trinajstić information content (AvgIpc) is 3.72. The Bertz CT molecular complexity index is 1600. The molecule has 16 heteroatoms. The van der Waals surface area contributed by atoms with E-state index in [2.05, 4.69) is 26.6 Å². The Morgan fingerprint density at radius 3 is 2.43 bits per heavy atom. The Balaban J connectivity index is 1.44. The molecule has 6 N–H and O–H groups in total. The number of rotatable bonds is 6. The molecule has 3 aliphatic heterocycles. The SMILES string of the molecule is CC(C)C[C@@H]1NC(=O)[C@@H](Cc2ccccc2)NC(=O)[C@@H](NC(=O)c2scc3c2OCCO3)CCCNC(=O)[C@@H]2C[C@@H](O)CN2C(=O)[C@H](C)NC1=O. The molecule has 2 aromatic rings. The van der Waals surface area contributed by atoms with E-state index in [0.29, 0.717) is 18.1 Å². The summed E-state index contributed by atoms with van der Waals surface area (Å²) in [6.45, 7) is 5.87. The molecule has 0 bridgehead atoms. The Hall–Kier alpha value is -4.70. The Labute approximate surface area is 300 Å². The molecule has 51 heavy (non-hydrogen) atoms. The molecule has 6 atom stereocenters. The Kier molecular flexibility index (Phi) is 12.5. The molecule has 6 amide bonds. The molecule has 1 aromatic carbocycles. The maximum atomic E-state index is 14.0. The van der Waals surface area contributed by atoms with Gasteiger partial charge < -0.3 is 46.1 Å². The van der Waals surface area contributed by atoms with Crippen molar-refractivity contribution in [1.29, 1.82) is 0 Å². The van der Waals surface area contributed by atoms with Crippen molar-refractivity contribution in [3.63, 3.8) is 0 Å². The number of carbonyl (C=O) groups excluding carboxylic acids is 6. The molecular weight excluding hydrogens is 680 g/mol. The van der Waals surface area contributed by atoms with Gasteiger partial charge in [0, 0.05) is 31.3 Å². The van der Waals surface area contributed by atoms with Crippen LogP contribution in [0.15, 0.2) is 35.7 Å². The standard InChI is InChI=1S/C35H46N6O9S/c1-19(2)14-24-31(44)37-20(3)35(48)41-17-22(42)16-26(41)33(46)36-11-7-10-23(38-34(47)29-28-27(18-51-29)49-12-13-50-28)30(43)40-25(32(45)39-24)15-21-8-5-4-6-9-21/h4-6,8-9,18-20,22-26,42H,7,10-17H2,1-3H3,(H,36,46)(H,37,44)(H,38,47)(H,39,45)(H,40,43)/t20-,22+,23-,24-,25+,26-/m0/s1. The molecule has 0 unspecified atom stereocenters. The third-order valence-corrected chi connectivity index (χ3v) is 9.89. The van der Waals surface area contributed by atoms with Crippen molar-refractivity contribution >= 4 is 46.8 Å². The second kappa shape index (κ2) is 17.0. The quantitative estimate of drug-likeness (QED) is 0.241. The van der Waals surface area contributed by atoms with E-state index in [4.69, 9.17) is 9.47 Å². The van der Waals surface area contributed by atoms with Crippen molar-refractivity contribution in [2.75, 3.05) is 26.3 Å². The number of benzene rings is 1. The van der Waals surface area contributed by atoms with Crippen molar-refractivity contribution in [1.82, 2.24) is 31.5 Å². The number of amides is 6. The summed E-state index contributed by atoms with van der Waals surface area (Å²) in [5.74, 6) is -2.77. The van der Waals surface area contributed by atoms with Gasteiger partial charge in [-0.1, -0.05) is 44.2 Å². The molecule has 276 valence electrons. The van der Waals surface area contributed by atoms with Gasteiger partial charge in [0.2, 0.25) is 29.5 Å². The summed E-state index contributed by atoms with van der Waals surface area (Å²) in [6.07, 6.45) is -0.278. The van der Waals surface area contributed by atoms with Crippen molar-refractivity contribution in [3.8, 4) is 11.5 Å². The summed E-state index contributed by atoms with van der Waals surface area (Å²) in [4.78, 5) is 83.4. The third kappa shape index (κ3) is 9.55. The van der Waals surface area contributed by atoms with Crippen LogP contribution in [0.4, 0.5) is 0 Å². The molecule has 4 heterocycles. The lowest BCUT2D eigenvalue weighted by molar-refractivity contribution is -0.141. The highest BCUT2D eigenvalue weighted by Crippen LogP contribution is 2.39. The molecule has 0 aliphatic carbocycles. The van der Waals surface area contributed by atoms with Gasteiger partial charge in [-0.2, -0.15) is 0 Å². The minimum absolute atomic E-state index is 0.0189. The second-order valence-corrected chi connectivity index (χ2v) is 14.4. The number of aliphatic hydroxyl groups excluding tert-OH is 1. The monoisotopic (exact) mass is 726 g/mol. The summed E-state index contributed by atoms with van der Waals surface area (Å²) >= 11 is 1.11. The van der Waals surface area contributed by atoms with Crippen LogP contribution in [0.5, 0.6) is 11.5 Å². The fourth-order valence-corrected chi connectivity index (χ4v) is 7.22. The van der Waals surface area contributed by atoms with Crippen LogP contribution in [0.3, 0.4) is 0 Å². The number of carbonyl (C=O) groups is 6. The van der Waals surface area contributed by atoms with Crippen LogP contribution >= 0.6 is 11.3 Å². The maximum absolute atomic E-state index is 14.0. The molecular formula is C35H46N6O9S. The second-order valence-electron chi connectivity index (χ2n) is 13.5. The average molecular weight is 727 g/mol. The number of thiophene rings is 1. The first-order valence-electron chi connectivity index (χ1n) is 17.3. The predicted octanol–water partition coefficient (Wildman–Crippen LogP) is 0.253. The van der Waals surface area contributed by atoms with Gasteiger partial charge in [0.25, 0.3) is 5.91 Å². The first kappa shape index (κ1) is 37.6. The molecule has 0 saturated carbocycles. The van der Waals surface area contributed by atoms with Gasteiger partial charge >= 0.3 is 0 Å². The highest BCUT2D eigenvalue weighted by atomic mass is 32.1. The van der Waals surface area contributed by atoms with E-state index in [1.54, 1.807) is 17.5 Å². The molecule has 2 fully saturated rings. The predicted molar refractivity (Wildman–Crippen MR) is 186 cm³/mol. The highest BCUT2D eigenvalue weighted by molar-refractivity contribution is 7.12. The number of nitrogens with one attached hydrogen (secondary N) is 5. The van der Waals surface area contributed by atoms with Crippen LogP contribution in [-0.4, -0.2) is 108 Å². The molecule has 5 rings (SSSR count). The Morgan fingerprint density at radius 2 is 1.69 bits per heavy atom. The van der Waals surface area contributed by atoms with Crippen molar-refractivity contribution in [2.24, 2.45) is 5.92 Å². The minimum atomic E-state index is -1.14. The highest BCUT2D eigenvalue weighted by Gasteiger charge is 2.41. The van der Waals surface area contributed by atoms with E-state index in [1.807, 2.05) is 32.0 Å². The van der Waals surface area contributed by atoms with Crippen molar-refractivity contribution < 1.29 is 43.3 Å². The molecule has 0 radical (unpaired) electrons. The van der Waals surface area contributed by atoms with E-state index in [0.717, 1.165) is 16.9 Å². The van der Waals surface area contributed by atoms with Gasteiger partial charge in [-0.25, -0.2) is 0 Å². The summed E-state index contributed by atoms with van der Waals surface area (Å²) < 4.78 is 11.2. The van der Waals surface area contributed by atoms with Gasteiger partial charge in [-0.05, 0) is 37.7 Å². The number of hydrogen-bond donors (Lipinski definition) is 6. The number of ether oxygens (including phenoxy) is 2. The molecule has 2 saturated heterocycles. The lowest BCUT2D eigenvalue weighted by atomic mass is 10.00. The van der Waals surface area contributed by atoms with E-state index in [-0.39, 0.29) is 62.6 Å². The van der Waals surface area contributed by atoms with Gasteiger partial charge in [0.1, 0.15) is 48.3 Å². The number of fused-ring (bicyclic) bond motifs is 2. The van der Waals surface area contributed by atoms with E-state index in [9.17, 15) is 33.9 Å². The van der Waals surface area contributed by atoms with E-state index < -0.39 is 71.8 Å². The number of nitrogens with zero attached hydrogens (tertiary/aromatic N) is 1. The lowest BCUT2D eigenvalue weighted by Crippen LogP contribution is -2.59. The van der Waals surface area contributed by atoms with Crippen LogP contribution in [0.2, 0.25) is 0 Å².